The van der Waals surface area contributed by atoms with Gasteiger partial charge in [0.1, 0.15) is 11.8 Å². The number of amides is 1. The number of β-amino-alcohol motifs (C(OH)–C–C–N with tert-alkyl or cyclic N) is 1. The Bertz CT molecular complexity index is 578. The van der Waals surface area contributed by atoms with E-state index < -0.39 is 24.0 Å². The van der Waals surface area contributed by atoms with Crippen molar-refractivity contribution >= 4 is 11.9 Å². The average molecular weight is 290 g/mol. The van der Waals surface area contributed by atoms with Crippen LogP contribution in [0, 0.1) is 11.3 Å². The standard InChI is InChI=1S/C14H14N2O5/c15-6-9-1-3-11(4-2-9)21-8-13(18)16-7-10(17)5-12(16)14(19)20/h1-4,10,12,17H,5,7-8H2,(H,19,20). The second kappa shape index (κ2) is 6.24. The minimum atomic E-state index is -1.14. The third kappa shape index (κ3) is 3.49. The van der Waals surface area contributed by atoms with Crippen molar-refractivity contribution in [2.45, 2.75) is 18.6 Å². The number of nitrogens with zero attached hydrogens (tertiary/aromatic N) is 2. The van der Waals surface area contributed by atoms with Crippen molar-refractivity contribution in [3.63, 3.8) is 0 Å². The number of carbonyl (C=O) groups is 2. The van der Waals surface area contributed by atoms with Crippen LogP contribution in [0.3, 0.4) is 0 Å². The van der Waals surface area contributed by atoms with Gasteiger partial charge in [0.15, 0.2) is 6.61 Å². The first-order valence-corrected chi connectivity index (χ1v) is 6.34. The summed E-state index contributed by atoms with van der Waals surface area (Å²) in [6.07, 6.45) is -0.803. The number of benzene rings is 1. The van der Waals surface area contributed by atoms with Gasteiger partial charge in [0, 0.05) is 13.0 Å². The molecule has 0 radical (unpaired) electrons. The monoisotopic (exact) mass is 290 g/mol. The Morgan fingerprint density at radius 2 is 2.05 bits per heavy atom. The Hall–Kier alpha value is -2.59. The van der Waals surface area contributed by atoms with Crippen LogP contribution >= 0.6 is 0 Å². The Morgan fingerprint density at radius 1 is 1.38 bits per heavy atom. The molecule has 1 saturated heterocycles. The number of ether oxygens (including phenoxy) is 1. The van der Waals surface area contributed by atoms with Crippen molar-refractivity contribution in [2.75, 3.05) is 13.2 Å². The molecule has 110 valence electrons. The lowest BCUT2D eigenvalue weighted by Crippen LogP contribution is -2.42. The highest BCUT2D eigenvalue weighted by Gasteiger charge is 2.38. The lowest BCUT2D eigenvalue weighted by Gasteiger charge is -2.21. The maximum absolute atomic E-state index is 12.0. The second-order valence-corrected chi connectivity index (χ2v) is 4.71. The molecule has 1 aromatic rings. The van der Waals surface area contributed by atoms with Crippen LogP contribution in [0.1, 0.15) is 12.0 Å². The summed E-state index contributed by atoms with van der Waals surface area (Å²) in [5.74, 6) is -1.23. The van der Waals surface area contributed by atoms with Gasteiger partial charge in [-0.3, -0.25) is 4.79 Å². The Morgan fingerprint density at radius 3 is 2.62 bits per heavy atom. The predicted molar refractivity (Wildman–Crippen MR) is 70.4 cm³/mol. The fourth-order valence-electron chi connectivity index (χ4n) is 2.18. The summed E-state index contributed by atoms with van der Waals surface area (Å²) in [6.45, 7) is -0.324. The van der Waals surface area contributed by atoms with E-state index >= 15 is 0 Å². The number of hydrogen-bond acceptors (Lipinski definition) is 5. The number of carbonyl (C=O) groups excluding carboxylic acids is 1. The molecule has 7 nitrogen and oxygen atoms in total. The van der Waals surface area contributed by atoms with Gasteiger partial charge < -0.3 is 19.8 Å². The zero-order valence-electron chi connectivity index (χ0n) is 11.1. The fraction of sp³-hybridized carbons (Fsp3) is 0.357. The highest BCUT2D eigenvalue weighted by Crippen LogP contribution is 2.19. The van der Waals surface area contributed by atoms with Gasteiger partial charge in [0.05, 0.1) is 17.7 Å². The Labute approximate surface area is 121 Å². The molecule has 21 heavy (non-hydrogen) atoms. The van der Waals surface area contributed by atoms with Gasteiger partial charge in [-0.05, 0) is 24.3 Å². The van der Waals surface area contributed by atoms with Crippen LogP contribution < -0.4 is 4.74 Å². The highest BCUT2D eigenvalue weighted by atomic mass is 16.5. The number of aliphatic hydroxyl groups is 1. The summed E-state index contributed by atoms with van der Waals surface area (Å²) < 4.78 is 5.27. The number of likely N-dealkylation sites (tertiary alicyclic amines) is 1. The molecule has 7 heteroatoms. The van der Waals surface area contributed by atoms with E-state index in [9.17, 15) is 14.7 Å². The van der Waals surface area contributed by atoms with Crippen LogP contribution in [-0.4, -0.2) is 52.3 Å². The quantitative estimate of drug-likeness (QED) is 0.806. The van der Waals surface area contributed by atoms with Crippen LogP contribution in [0.25, 0.3) is 0 Å². The lowest BCUT2D eigenvalue weighted by molar-refractivity contribution is -0.148. The molecule has 1 aliphatic heterocycles. The number of carboxylic acid groups (broad SMARTS) is 1. The molecule has 2 N–H and O–H groups in total. The smallest absolute Gasteiger partial charge is 0.326 e. The van der Waals surface area contributed by atoms with E-state index in [2.05, 4.69) is 0 Å². The molecule has 0 saturated carbocycles. The van der Waals surface area contributed by atoms with E-state index in [4.69, 9.17) is 15.1 Å². The average Bonchev–Trinajstić information content (AvgIpc) is 2.87. The summed E-state index contributed by atoms with van der Waals surface area (Å²) in [5, 5.41) is 27.2. The van der Waals surface area contributed by atoms with E-state index in [0.29, 0.717) is 11.3 Å². The van der Waals surface area contributed by atoms with Crippen molar-refractivity contribution < 1.29 is 24.5 Å². The SMILES string of the molecule is N#Cc1ccc(OCC(=O)N2CC(O)CC2C(=O)O)cc1. The van der Waals surface area contributed by atoms with E-state index in [1.165, 1.54) is 0 Å². The molecular weight excluding hydrogens is 276 g/mol. The molecule has 0 spiro atoms. The molecule has 0 aliphatic carbocycles. The molecule has 1 aromatic carbocycles. The number of aliphatic hydroxyl groups excluding tert-OH is 1. The molecule has 0 aromatic heterocycles. The van der Waals surface area contributed by atoms with Crippen molar-refractivity contribution in [1.82, 2.24) is 4.90 Å². The van der Waals surface area contributed by atoms with E-state index in [-0.39, 0.29) is 19.6 Å². The number of nitriles is 1. The second-order valence-electron chi connectivity index (χ2n) is 4.71. The van der Waals surface area contributed by atoms with Gasteiger partial charge >= 0.3 is 5.97 Å². The van der Waals surface area contributed by atoms with Crippen molar-refractivity contribution in [2.24, 2.45) is 0 Å². The van der Waals surface area contributed by atoms with E-state index in [1.54, 1.807) is 24.3 Å². The lowest BCUT2D eigenvalue weighted by atomic mass is 10.2. The maximum atomic E-state index is 12.0. The molecule has 1 amide bonds. The third-order valence-corrected chi connectivity index (χ3v) is 3.23. The Kier molecular flexibility index (Phi) is 4.40. The topological polar surface area (TPSA) is 111 Å². The molecule has 1 aliphatic rings. The van der Waals surface area contributed by atoms with Gasteiger partial charge in [-0.1, -0.05) is 0 Å². The third-order valence-electron chi connectivity index (χ3n) is 3.23. The van der Waals surface area contributed by atoms with Gasteiger partial charge in [0.25, 0.3) is 5.91 Å². The van der Waals surface area contributed by atoms with Crippen LogP contribution in [0.5, 0.6) is 5.75 Å². The molecule has 2 atom stereocenters. The minimum absolute atomic E-state index is 0.00741. The summed E-state index contributed by atoms with van der Waals surface area (Å²) in [7, 11) is 0. The van der Waals surface area contributed by atoms with Crippen LogP contribution in [0.15, 0.2) is 24.3 Å². The minimum Gasteiger partial charge on any atom is -0.484 e. The van der Waals surface area contributed by atoms with Gasteiger partial charge in [0.2, 0.25) is 0 Å². The number of rotatable bonds is 4. The predicted octanol–water partition coefficient (Wildman–Crippen LogP) is -0.0165. The van der Waals surface area contributed by atoms with Gasteiger partial charge in [-0.15, -0.1) is 0 Å². The molecule has 0 bridgehead atoms. The summed E-state index contributed by atoms with van der Waals surface area (Å²) in [6, 6.07) is 7.17. The van der Waals surface area contributed by atoms with Crippen molar-refractivity contribution in [1.29, 1.82) is 5.26 Å². The number of aliphatic carboxylic acids is 1. The first-order chi connectivity index (χ1) is 10.0. The first-order valence-electron chi connectivity index (χ1n) is 6.34. The van der Waals surface area contributed by atoms with E-state index in [0.717, 1.165) is 4.90 Å². The van der Waals surface area contributed by atoms with E-state index in [1.807, 2.05) is 6.07 Å². The fourth-order valence-corrected chi connectivity index (χ4v) is 2.18. The largest absolute Gasteiger partial charge is 0.484 e. The number of hydrogen-bond donors (Lipinski definition) is 2. The van der Waals surface area contributed by atoms with Crippen LogP contribution in [0.2, 0.25) is 0 Å². The summed E-state index contributed by atoms with van der Waals surface area (Å²) in [5.41, 5.74) is 0.474. The first kappa shape index (κ1) is 14.8. The zero-order valence-corrected chi connectivity index (χ0v) is 11.1. The summed E-state index contributed by atoms with van der Waals surface area (Å²) in [4.78, 5) is 24.1. The molecule has 1 fully saturated rings. The zero-order chi connectivity index (χ0) is 15.4. The van der Waals surface area contributed by atoms with Crippen molar-refractivity contribution in [3.05, 3.63) is 29.8 Å². The van der Waals surface area contributed by atoms with Gasteiger partial charge in [-0.2, -0.15) is 5.26 Å². The normalized spacial score (nSPS) is 20.9. The highest BCUT2D eigenvalue weighted by molar-refractivity contribution is 5.85. The molecular formula is C14H14N2O5. The molecule has 2 unspecified atom stereocenters. The van der Waals surface area contributed by atoms with Crippen molar-refractivity contribution in [3.8, 4) is 11.8 Å². The Balaban J connectivity index is 1.94. The molecule has 2 rings (SSSR count). The molecule has 1 heterocycles. The van der Waals surface area contributed by atoms with Gasteiger partial charge in [-0.25, -0.2) is 4.79 Å². The summed E-state index contributed by atoms with van der Waals surface area (Å²) >= 11 is 0. The maximum Gasteiger partial charge on any atom is 0.326 e. The van der Waals surface area contributed by atoms with Crippen LogP contribution in [0.4, 0.5) is 0 Å². The van der Waals surface area contributed by atoms with Crippen LogP contribution in [-0.2, 0) is 9.59 Å². The number of carboxylic acids is 1.